The van der Waals surface area contributed by atoms with Crippen molar-refractivity contribution in [2.45, 2.75) is 398 Å². The highest BCUT2D eigenvalue weighted by molar-refractivity contribution is 5.76. The Morgan fingerprint density at radius 3 is 0.959 bits per heavy atom. The van der Waals surface area contributed by atoms with Crippen LogP contribution in [0.2, 0.25) is 0 Å². The Kier molecular flexibility index (Phi) is 62.9. The van der Waals surface area contributed by atoms with Crippen molar-refractivity contribution in [1.82, 2.24) is 5.32 Å². The zero-order valence-corrected chi connectivity index (χ0v) is 50.4. The summed E-state index contributed by atoms with van der Waals surface area (Å²) in [6.45, 7) is 4.98. The zero-order chi connectivity index (χ0) is 53.6. The average molecular weight is 1040 g/mol. The lowest BCUT2D eigenvalue weighted by Gasteiger charge is -2.22. The second-order valence-electron chi connectivity index (χ2n) is 23.5. The molecule has 0 aliphatic heterocycles. The molecule has 0 fully saturated rings. The molecular formula is C68H133NO5. The number of carbonyl (C=O) groups excluding carboxylic acids is 2. The minimum atomic E-state index is -0.668. The van der Waals surface area contributed by atoms with Crippen molar-refractivity contribution in [3.8, 4) is 0 Å². The highest BCUT2D eigenvalue weighted by atomic mass is 16.5. The molecule has 2 atom stereocenters. The van der Waals surface area contributed by atoms with Crippen LogP contribution in [0, 0.1) is 0 Å². The molecule has 0 saturated heterocycles. The van der Waals surface area contributed by atoms with Crippen molar-refractivity contribution in [2.24, 2.45) is 0 Å². The summed E-state index contributed by atoms with van der Waals surface area (Å²) in [5, 5.41) is 23.4. The molecule has 440 valence electrons. The number of aliphatic hydroxyl groups is 2. The molecule has 0 saturated carbocycles. The number of aliphatic hydroxyl groups excluding tert-OH is 2. The number of unbranched alkanes of at least 4 members (excludes halogenated alkanes) is 51. The molecule has 0 aliphatic rings. The summed E-state index contributed by atoms with van der Waals surface area (Å²) in [5.74, 6) is -0.0329. The molecule has 0 heterocycles. The van der Waals surface area contributed by atoms with E-state index in [0.29, 0.717) is 25.9 Å². The number of amides is 1. The second-order valence-corrected chi connectivity index (χ2v) is 23.5. The molecule has 6 nitrogen and oxygen atoms in total. The van der Waals surface area contributed by atoms with Crippen LogP contribution in [0.5, 0.6) is 0 Å². The number of rotatable bonds is 64. The lowest BCUT2D eigenvalue weighted by atomic mass is 10.0. The van der Waals surface area contributed by atoms with Gasteiger partial charge in [-0.05, 0) is 51.4 Å². The Balaban J connectivity index is 3.40. The van der Waals surface area contributed by atoms with Crippen LogP contribution in [0.3, 0.4) is 0 Å². The van der Waals surface area contributed by atoms with E-state index in [1.807, 2.05) is 0 Å². The Bertz CT molecular complexity index is 1110. The summed E-state index contributed by atoms with van der Waals surface area (Å²) >= 11 is 0. The molecule has 0 rings (SSSR count). The maximum absolute atomic E-state index is 12.5. The van der Waals surface area contributed by atoms with E-state index in [2.05, 4.69) is 31.3 Å². The molecule has 0 aromatic heterocycles. The Hall–Kier alpha value is -1.40. The number of ether oxygens (including phenoxy) is 1. The van der Waals surface area contributed by atoms with Gasteiger partial charge < -0.3 is 20.3 Å². The number of nitrogens with one attached hydrogen (secondary N) is 1. The SMILES string of the molecule is CCCCCCCCC/C=C\CCCCCCCC(=O)OCCCCCCCCCCCCCCCCCCCCC(=O)NC(CO)C(O)CCCCCCCCCCCCCCCCCCCCCCCCC. The normalized spacial score (nSPS) is 12.5. The van der Waals surface area contributed by atoms with E-state index < -0.39 is 12.1 Å². The maximum Gasteiger partial charge on any atom is 0.305 e. The maximum atomic E-state index is 12.5. The highest BCUT2D eigenvalue weighted by Crippen LogP contribution is 2.19. The molecular weight excluding hydrogens is 911 g/mol. The zero-order valence-electron chi connectivity index (χ0n) is 50.4. The van der Waals surface area contributed by atoms with Crippen LogP contribution in [0.15, 0.2) is 12.2 Å². The predicted molar refractivity (Wildman–Crippen MR) is 324 cm³/mol. The fourth-order valence-electron chi connectivity index (χ4n) is 10.9. The first kappa shape index (κ1) is 72.6. The summed E-state index contributed by atoms with van der Waals surface area (Å²) in [6.07, 6.45) is 78.1. The topological polar surface area (TPSA) is 95.9 Å². The fraction of sp³-hybridized carbons (Fsp3) is 0.941. The van der Waals surface area contributed by atoms with Crippen LogP contribution in [0.25, 0.3) is 0 Å². The number of hydrogen-bond donors (Lipinski definition) is 3. The van der Waals surface area contributed by atoms with E-state index in [1.165, 1.54) is 308 Å². The third-order valence-corrected chi connectivity index (χ3v) is 16.1. The lowest BCUT2D eigenvalue weighted by molar-refractivity contribution is -0.143. The predicted octanol–water partition coefficient (Wildman–Crippen LogP) is 21.6. The molecule has 0 radical (unpaired) electrons. The van der Waals surface area contributed by atoms with E-state index in [4.69, 9.17) is 4.74 Å². The highest BCUT2D eigenvalue weighted by Gasteiger charge is 2.20. The summed E-state index contributed by atoms with van der Waals surface area (Å²) in [5.41, 5.74) is 0. The van der Waals surface area contributed by atoms with Gasteiger partial charge in [0.05, 0.1) is 25.4 Å². The number of esters is 1. The van der Waals surface area contributed by atoms with Crippen molar-refractivity contribution in [3.05, 3.63) is 12.2 Å². The van der Waals surface area contributed by atoms with Gasteiger partial charge >= 0.3 is 5.97 Å². The van der Waals surface area contributed by atoms with E-state index >= 15 is 0 Å². The van der Waals surface area contributed by atoms with Gasteiger partial charge in [0.25, 0.3) is 0 Å². The Labute approximate surface area is 463 Å². The number of hydrogen-bond acceptors (Lipinski definition) is 5. The molecule has 0 aromatic carbocycles. The molecule has 74 heavy (non-hydrogen) atoms. The van der Waals surface area contributed by atoms with Crippen LogP contribution in [0.4, 0.5) is 0 Å². The molecule has 0 bridgehead atoms. The van der Waals surface area contributed by atoms with E-state index in [0.717, 1.165) is 44.9 Å². The summed E-state index contributed by atoms with van der Waals surface area (Å²) in [4.78, 5) is 24.6. The third-order valence-electron chi connectivity index (χ3n) is 16.1. The van der Waals surface area contributed by atoms with Crippen molar-refractivity contribution in [2.75, 3.05) is 13.2 Å². The van der Waals surface area contributed by atoms with Gasteiger partial charge in [-0.1, -0.05) is 334 Å². The largest absolute Gasteiger partial charge is 0.466 e. The smallest absolute Gasteiger partial charge is 0.305 e. The monoisotopic (exact) mass is 1040 g/mol. The van der Waals surface area contributed by atoms with Crippen molar-refractivity contribution in [3.63, 3.8) is 0 Å². The van der Waals surface area contributed by atoms with Gasteiger partial charge in [0.15, 0.2) is 0 Å². The molecule has 0 aliphatic carbocycles. The van der Waals surface area contributed by atoms with Crippen molar-refractivity contribution in [1.29, 1.82) is 0 Å². The minimum Gasteiger partial charge on any atom is -0.466 e. The first-order chi connectivity index (χ1) is 36.5. The van der Waals surface area contributed by atoms with E-state index in [-0.39, 0.29) is 18.5 Å². The van der Waals surface area contributed by atoms with Gasteiger partial charge in [0.1, 0.15) is 0 Å². The first-order valence-electron chi connectivity index (χ1n) is 33.9. The first-order valence-corrected chi connectivity index (χ1v) is 33.9. The van der Waals surface area contributed by atoms with Gasteiger partial charge in [-0.15, -0.1) is 0 Å². The van der Waals surface area contributed by atoms with Gasteiger partial charge in [0, 0.05) is 12.8 Å². The van der Waals surface area contributed by atoms with Crippen LogP contribution in [-0.2, 0) is 14.3 Å². The van der Waals surface area contributed by atoms with Gasteiger partial charge in [-0.2, -0.15) is 0 Å². The molecule has 6 heteroatoms. The molecule has 3 N–H and O–H groups in total. The van der Waals surface area contributed by atoms with Gasteiger partial charge in [-0.25, -0.2) is 0 Å². The summed E-state index contributed by atoms with van der Waals surface area (Å²) < 4.78 is 5.49. The van der Waals surface area contributed by atoms with Crippen LogP contribution in [-0.4, -0.2) is 47.4 Å². The number of allylic oxidation sites excluding steroid dienone is 2. The minimum absolute atomic E-state index is 0.00134. The molecule has 2 unspecified atom stereocenters. The molecule has 0 spiro atoms. The van der Waals surface area contributed by atoms with Crippen molar-refractivity contribution >= 4 is 11.9 Å². The fourth-order valence-corrected chi connectivity index (χ4v) is 10.9. The van der Waals surface area contributed by atoms with Crippen LogP contribution < -0.4 is 5.32 Å². The van der Waals surface area contributed by atoms with Crippen LogP contribution in [0.1, 0.15) is 386 Å². The van der Waals surface area contributed by atoms with Crippen molar-refractivity contribution < 1.29 is 24.5 Å². The van der Waals surface area contributed by atoms with E-state index in [1.54, 1.807) is 0 Å². The van der Waals surface area contributed by atoms with Crippen LogP contribution >= 0.6 is 0 Å². The Morgan fingerprint density at radius 1 is 0.365 bits per heavy atom. The van der Waals surface area contributed by atoms with Gasteiger partial charge in [-0.3, -0.25) is 9.59 Å². The summed E-state index contributed by atoms with van der Waals surface area (Å²) in [7, 11) is 0. The Morgan fingerprint density at radius 2 is 0.635 bits per heavy atom. The molecule has 1 amide bonds. The standard InChI is InChI=1S/C68H133NO5/c1-3-5-7-9-11-13-15-17-19-21-22-23-24-25-26-29-32-36-40-44-48-52-56-60-66(71)65(64-70)69-67(72)61-57-53-49-45-41-37-33-30-27-28-31-35-39-43-47-51-55-59-63-74-68(73)62-58-54-50-46-42-38-34-20-18-16-14-12-10-8-6-4-2/h20,34,65-66,70-71H,3-19,21-33,35-64H2,1-2H3,(H,69,72)/b34-20-. The molecule has 0 aromatic rings. The average Bonchev–Trinajstić information content (AvgIpc) is 3.40. The van der Waals surface area contributed by atoms with Gasteiger partial charge in [0.2, 0.25) is 5.91 Å². The second kappa shape index (κ2) is 64.1. The van der Waals surface area contributed by atoms with E-state index in [9.17, 15) is 19.8 Å². The quantitative estimate of drug-likeness (QED) is 0.0320. The number of carbonyl (C=O) groups is 2. The summed E-state index contributed by atoms with van der Waals surface area (Å²) in [6, 6.07) is -0.545. The third kappa shape index (κ3) is 59.8. The lowest BCUT2D eigenvalue weighted by Crippen LogP contribution is -2.45.